The van der Waals surface area contributed by atoms with Crippen molar-refractivity contribution in [3.63, 3.8) is 0 Å². The number of carbonyl (C=O) groups is 1. The summed E-state index contributed by atoms with van der Waals surface area (Å²) in [4.78, 5) is 19.1. The van der Waals surface area contributed by atoms with Gasteiger partial charge in [-0.25, -0.2) is 4.98 Å². The van der Waals surface area contributed by atoms with E-state index >= 15 is 0 Å². The van der Waals surface area contributed by atoms with Crippen molar-refractivity contribution in [3.05, 3.63) is 47.1 Å². The fourth-order valence-corrected chi connectivity index (χ4v) is 3.81. The van der Waals surface area contributed by atoms with E-state index in [1.54, 1.807) is 18.3 Å². The van der Waals surface area contributed by atoms with E-state index in [2.05, 4.69) is 42.5 Å². The largest absolute Gasteiger partial charge is 0.349 e. The van der Waals surface area contributed by atoms with Crippen LogP contribution in [-0.4, -0.2) is 33.7 Å². The maximum absolute atomic E-state index is 12.4. The maximum atomic E-state index is 12.4. The lowest BCUT2D eigenvalue weighted by Gasteiger charge is -2.32. The van der Waals surface area contributed by atoms with E-state index in [1.165, 1.54) is 6.42 Å². The fourth-order valence-electron chi connectivity index (χ4n) is 3.11. The summed E-state index contributed by atoms with van der Waals surface area (Å²) in [7, 11) is 0. The van der Waals surface area contributed by atoms with E-state index < -0.39 is 0 Å². The van der Waals surface area contributed by atoms with Gasteiger partial charge in [-0.15, -0.1) is 0 Å². The zero-order valence-corrected chi connectivity index (χ0v) is 13.9. The summed E-state index contributed by atoms with van der Waals surface area (Å²) < 4.78 is 0. The van der Waals surface area contributed by atoms with Crippen molar-refractivity contribution >= 4 is 27.7 Å². The molecule has 0 spiro atoms. The first-order valence-electron chi connectivity index (χ1n) is 7.46. The van der Waals surface area contributed by atoms with Gasteiger partial charge in [-0.1, -0.05) is 22.0 Å². The summed E-state index contributed by atoms with van der Waals surface area (Å²) >= 11 is 3.57. The van der Waals surface area contributed by atoms with Gasteiger partial charge in [0.1, 0.15) is 11.6 Å². The Morgan fingerprint density at radius 3 is 3.09 bits per heavy atom. The number of nitrogens with zero attached hydrogens (tertiary/aromatic N) is 2. The highest BCUT2D eigenvalue weighted by molar-refractivity contribution is 9.09. The van der Waals surface area contributed by atoms with E-state index in [0.29, 0.717) is 23.3 Å². The summed E-state index contributed by atoms with van der Waals surface area (Å²) in [5.41, 5.74) is 2.54. The van der Waals surface area contributed by atoms with Gasteiger partial charge in [0.05, 0.1) is 11.3 Å². The molecule has 2 aliphatic heterocycles. The summed E-state index contributed by atoms with van der Waals surface area (Å²) in [6.07, 6.45) is 5.06. The predicted molar refractivity (Wildman–Crippen MR) is 88.5 cm³/mol. The summed E-state index contributed by atoms with van der Waals surface area (Å²) in [5, 5.41) is 7.46. The van der Waals surface area contributed by atoms with Gasteiger partial charge in [-0.3, -0.25) is 4.79 Å². The molecule has 1 aromatic heterocycles. The molecule has 1 amide bonds. The maximum Gasteiger partial charge on any atom is 0.259 e. The van der Waals surface area contributed by atoms with E-state index in [4.69, 9.17) is 0 Å². The van der Waals surface area contributed by atoms with Crippen LogP contribution in [0.4, 0.5) is 5.82 Å². The van der Waals surface area contributed by atoms with Gasteiger partial charge >= 0.3 is 0 Å². The Morgan fingerprint density at radius 1 is 1.45 bits per heavy atom. The Balaban J connectivity index is 1.76. The summed E-state index contributed by atoms with van der Waals surface area (Å²) in [6.45, 7) is 2.90. The first-order valence-corrected chi connectivity index (χ1v) is 8.58. The van der Waals surface area contributed by atoms with Gasteiger partial charge in [0.15, 0.2) is 0 Å². The highest BCUT2D eigenvalue weighted by Gasteiger charge is 2.43. The summed E-state index contributed by atoms with van der Waals surface area (Å²) in [6, 6.07) is 4.10. The number of alkyl halides is 1. The lowest BCUT2D eigenvalue weighted by molar-refractivity contribution is 0.0966. The molecule has 0 bridgehead atoms. The van der Waals surface area contributed by atoms with Gasteiger partial charge in [-0.05, 0) is 37.0 Å². The average molecular weight is 361 g/mol. The van der Waals surface area contributed by atoms with Crippen LogP contribution in [-0.2, 0) is 0 Å². The van der Waals surface area contributed by atoms with Crippen LogP contribution in [0.15, 0.2) is 41.5 Å². The fraction of sp³-hybridized carbons (Fsp3) is 0.375. The van der Waals surface area contributed by atoms with Crippen molar-refractivity contribution in [3.8, 4) is 0 Å². The molecule has 1 fully saturated rings. The average Bonchev–Trinajstić information content (AvgIpc) is 3.31. The Labute approximate surface area is 137 Å². The highest BCUT2D eigenvalue weighted by Crippen LogP contribution is 2.41. The molecule has 1 aliphatic carbocycles. The Hall–Kier alpha value is -1.82. The summed E-state index contributed by atoms with van der Waals surface area (Å²) in [5.74, 6) is 2.16. The lowest BCUT2D eigenvalue weighted by atomic mass is 10.1. The normalized spacial score (nSPS) is 26.4. The van der Waals surface area contributed by atoms with Crippen LogP contribution in [0.5, 0.6) is 0 Å². The number of anilines is 1. The van der Waals surface area contributed by atoms with Crippen LogP contribution in [0.3, 0.4) is 0 Å². The van der Waals surface area contributed by atoms with Gasteiger partial charge in [-0.2, -0.15) is 0 Å². The third kappa shape index (κ3) is 2.13. The predicted octanol–water partition coefficient (Wildman–Crippen LogP) is 2.45. The smallest absolute Gasteiger partial charge is 0.259 e. The number of amides is 1. The molecule has 2 unspecified atom stereocenters. The molecule has 3 aliphatic rings. The Bertz CT molecular complexity index is 712. The second kappa shape index (κ2) is 5.12. The zero-order valence-electron chi connectivity index (χ0n) is 12.3. The monoisotopic (exact) mass is 360 g/mol. The number of fused-ring (bicyclic) bond motifs is 1. The van der Waals surface area contributed by atoms with Crippen LogP contribution in [0.25, 0.3) is 0 Å². The van der Waals surface area contributed by atoms with Crippen molar-refractivity contribution in [2.75, 3.05) is 17.2 Å². The minimum Gasteiger partial charge on any atom is -0.349 e. The van der Waals surface area contributed by atoms with Crippen LogP contribution in [0.1, 0.15) is 23.7 Å². The number of allylic oxidation sites excluding steroid dienone is 1. The molecular weight excluding hydrogens is 344 g/mol. The minimum atomic E-state index is -0.108. The molecule has 1 aromatic rings. The molecule has 0 saturated heterocycles. The second-order valence-corrected chi connectivity index (χ2v) is 6.61. The molecule has 3 heterocycles. The number of carbonyl (C=O) groups excluding carboxylic acids is 1. The van der Waals surface area contributed by atoms with Crippen LogP contribution < -0.4 is 10.6 Å². The third-order valence-electron chi connectivity index (χ3n) is 4.52. The molecule has 4 rings (SSSR count). The number of hydrogen-bond acceptors (Lipinski definition) is 4. The van der Waals surface area contributed by atoms with E-state index in [9.17, 15) is 4.79 Å². The SMILES string of the molecule is CC1=CCN(C2CC2CBr)C2=C1NC(=O)c1cccnc1N2. The molecule has 2 N–H and O–H groups in total. The molecule has 5 nitrogen and oxygen atoms in total. The number of pyridine rings is 1. The van der Waals surface area contributed by atoms with E-state index in [1.807, 2.05) is 6.92 Å². The van der Waals surface area contributed by atoms with Crippen LogP contribution >= 0.6 is 15.9 Å². The van der Waals surface area contributed by atoms with E-state index in [0.717, 1.165) is 29.0 Å². The topological polar surface area (TPSA) is 57.3 Å². The lowest BCUT2D eigenvalue weighted by Crippen LogP contribution is -2.37. The van der Waals surface area contributed by atoms with Gasteiger partial charge in [0.2, 0.25) is 0 Å². The minimum absolute atomic E-state index is 0.108. The van der Waals surface area contributed by atoms with Crippen molar-refractivity contribution in [2.45, 2.75) is 19.4 Å². The van der Waals surface area contributed by atoms with Gasteiger partial charge < -0.3 is 15.5 Å². The highest BCUT2D eigenvalue weighted by atomic mass is 79.9. The molecular formula is C16H17BrN4O. The van der Waals surface area contributed by atoms with Crippen molar-refractivity contribution in [2.24, 2.45) is 5.92 Å². The standard InChI is InChI=1S/C16H17BrN4O/c1-9-4-6-21(12-7-10(12)8-17)15-13(9)19-16(22)11-3-2-5-18-14(11)20-15/h2-5,10,12H,6-8H2,1H3,(H,18,20)(H,19,22). The van der Waals surface area contributed by atoms with Crippen molar-refractivity contribution in [1.82, 2.24) is 15.2 Å². The quantitative estimate of drug-likeness (QED) is 0.795. The number of halogens is 1. The molecule has 22 heavy (non-hydrogen) atoms. The second-order valence-electron chi connectivity index (χ2n) is 5.96. The molecule has 0 radical (unpaired) electrons. The Morgan fingerprint density at radius 2 is 2.32 bits per heavy atom. The molecule has 1 saturated carbocycles. The van der Waals surface area contributed by atoms with Crippen LogP contribution in [0.2, 0.25) is 0 Å². The number of aromatic nitrogens is 1. The molecule has 2 atom stereocenters. The molecule has 114 valence electrons. The Kier molecular flexibility index (Phi) is 3.22. The number of rotatable bonds is 2. The molecule has 6 heteroatoms. The molecule has 0 aromatic carbocycles. The van der Waals surface area contributed by atoms with Gasteiger partial charge in [0, 0.05) is 24.1 Å². The van der Waals surface area contributed by atoms with Crippen molar-refractivity contribution < 1.29 is 4.79 Å². The third-order valence-corrected chi connectivity index (χ3v) is 5.36. The zero-order chi connectivity index (χ0) is 15.3. The number of hydrogen-bond donors (Lipinski definition) is 2. The first-order chi connectivity index (χ1) is 10.7. The van der Waals surface area contributed by atoms with Crippen molar-refractivity contribution in [1.29, 1.82) is 0 Å². The first kappa shape index (κ1) is 13.8. The van der Waals surface area contributed by atoms with Gasteiger partial charge in [0.25, 0.3) is 5.91 Å². The van der Waals surface area contributed by atoms with E-state index in [-0.39, 0.29) is 5.91 Å². The number of nitrogens with one attached hydrogen (secondary N) is 2. The van der Waals surface area contributed by atoms with Crippen LogP contribution in [0, 0.1) is 5.92 Å².